The summed E-state index contributed by atoms with van der Waals surface area (Å²) in [7, 11) is 1.87. The second-order valence-electron chi connectivity index (χ2n) is 4.92. The molecule has 1 atom stereocenters. The van der Waals surface area contributed by atoms with Crippen molar-refractivity contribution in [2.45, 2.75) is 38.0 Å². The Kier molecular flexibility index (Phi) is 5.11. The first-order valence-corrected chi connectivity index (χ1v) is 5.96. The van der Waals surface area contributed by atoms with Crippen LogP contribution in [0, 0.1) is 5.92 Å². The third kappa shape index (κ3) is 5.30. The zero-order chi connectivity index (χ0) is 12.9. The van der Waals surface area contributed by atoms with Gasteiger partial charge in [-0.05, 0) is 25.8 Å². The molecule has 0 aromatic heterocycles. The fraction of sp³-hybridized carbons (Fsp3) is 0.909. The van der Waals surface area contributed by atoms with E-state index in [2.05, 4.69) is 5.16 Å². The summed E-state index contributed by atoms with van der Waals surface area (Å²) in [5.41, 5.74) is 5.35. The summed E-state index contributed by atoms with van der Waals surface area (Å²) < 4.78 is 26.4. The van der Waals surface area contributed by atoms with Crippen LogP contribution in [0.3, 0.4) is 0 Å². The standard InChI is InChI=1S/C11H21F2N3O/c1-16(6-4-10(14)15-17)8-9-3-2-5-11(12,13)7-9/h9,17H,2-8H2,1H3,(H2,14,15). The lowest BCUT2D eigenvalue weighted by molar-refractivity contribution is -0.0559. The molecule has 17 heavy (non-hydrogen) atoms. The fourth-order valence-electron chi connectivity index (χ4n) is 2.32. The average molecular weight is 249 g/mol. The number of hydrogen-bond acceptors (Lipinski definition) is 3. The molecular formula is C11H21F2N3O. The first-order chi connectivity index (χ1) is 7.93. The van der Waals surface area contributed by atoms with Crippen LogP contribution in [-0.4, -0.2) is 42.0 Å². The lowest BCUT2D eigenvalue weighted by Crippen LogP contribution is -2.35. The quantitative estimate of drug-likeness (QED) is 0.338. The predicted molar refractivity (Wildman–Crippen MR) is 62.4 cm³/mol. The highest BCUT2D eigenvalue weighted by atomic mass is 19.3. The van der Waals surface area contributed by atoms with E-state index in [0.29, 0.717) is 25.9 Å². The van der Waals surface area contributed by atoms with E-state index in [1.165, 1.54) is 0 Å². The predicted octanol–water partition coefficient (Wildman–Crippen LogP) is 1.88. The van der Waals surface area contributed by atoms with Gasteiger partial charge in [-0.2, -0.15) is 0 Å². The Balaban J connectivity index is 2.28. The van der Waals surface area contributed by atoms with Crippen LogP contribution in [0.25, 0.3) is 0 Å². The molecule has 100 valence electrons. The van der Waals surface area contributed by atoms with Gasteiger partial charge in [-0.3, -0.25) is 0 Å². The van der Waals surface area contributed by atoms with Crippen molar-refractivity contribution in [2.24, 2.45) is 16.8 Å². The molecule has 0 spiro atoms. The number of hydrogen-bond donors (Lipinski definition) is 2. The number of amidine groups is 1. The lowest BCUT2D eigenvalue weighted by Gasteiger charge is -2.31. The van der Waals surface area contributed by atoms with E-state index < -0.39 is 5.92 Å². The van der Waals surface area contributed by atoms with E-state index in [9.17, 15) is 8.78 Å². The largest absolute Gasteiger partial charge is 0.409 e. The lowest BCUT2D eigenvalue weighted by atomic mass is 9.86. The number of halogens is 2. The van der Waals surface area contributed by atoms with Crippen molar-refractivity contribution in [3.63, 3.8) is 0 Å². The smallest absolute Gasteiger partial charge is 0.248 e. The van der Waals surface area contributed by atoms with Crippen LogP contribution in [0.2, 0.25) is 0 Å². The van der Waals surface area contributed by atoms with E-state index in [-0.39, 0.29) is 24.6 Å². The second kappa shape index (κ2) is 6.14. The average Bonchev–Trinajstić information content (AvgIpc) is 2.24. The van der Waals surface area contributed by atoms with E-state index in [0.717, 1.165) is 6.42 Å². The van der Waals surface area contributed by atoms with Gasteiger partial charge in [-0.15, -0.1) is 0 Å². The summed E-state index contributed by atoms with van der Waals surface area (Å²) in [4.78, 5) is 1.96. The molecule has 0 bridgehead atoms. The Bertz CT molecular complexity index is 271. The van der Waals surface area contributed by atoms with Crippen molar-refractivity contribution in [1.82, 2.24) is 4.90 Å². The van der Waals surface area contributed by atoms with Crippen LogP contribution >= 0.6 is 0 Å². The van der Waals surface area contributed by atoms with Crippen LogP contribution in [0.4, 0.5) is 8.78 Å². The van der Waals surface area contributed by atoms with Gasteiger partial charge < -0.3 is 15.8 Å². The number of alkyl halides is 2. The summed E-state index contributed by atoms with van der Waals surface area (Å²) in [6, 6.07) is 0. The third-order valence-corrected chi connectivity index (χ3v) is 3.19. The maximum absolute atomic E-state index is 13.2. The zero-order valence-corrected chi connectivity index (χ0v) is 10.2. The molecule has 1 fully saturated rings. The molecular weight excluding hydrogens is 228 g/mol. The highest BCUT2D eigenvalue weighted by Gasteiger charge is 2.36. The van der Waals surface area contributed by atoms with Crippen molar-refractivity contribution >= 4 is 5.84 Å². The minimum atomic E-state index is -2.49. The van der Waals surface area contributed by atoms with Crippen molar-refractivity contribution in [2.75, 3.05) is 20.1 Å². The fourth-order valence-corrected chi connectivity index (χ4v) is 2.32. The Labute approximate surface area is 100 Å². The minimum Gasteiger partial charge on any atom is -0.409 e. The molecule has 1 unspecified atom stereocenters. The van der Waals surface area contributed by atoms with Gasteiger partial charge in [0, 0.05) is 32.4 Å². The van der Waals surface area contributed by atoms with Crippen molar-refractivity contribution in [3.8, 4) is 0 Å². The topological polar surface area (TPSA) is 61.8 Å². The summed E-state index contributed by atoms with van der Waals surface area (Å²) in [5.74, 6) is -2.27. The molecule has 1 saturated carbocycles. The van der Waals surface area contributed by atoms with Gasteiger partial charge in [-0.1, -0.05) is 5.16 Å². The molecule has 1 aliphatic rings. The van der Waals surface area contributed by atoms with E-state index in [1.54, 1.807) is 0 Å². The second-order valence-corrected chi connectivity index (χ2v) is 4.92. The van der Waals surface area contributed by atoms with Crippen molar-refractivity contribution < 1.29 is 14.0 Å². The van der Waals surface area contributed by atoms with Gasteiger partial charge in [0.1, 0.15) is 5.84 Å². The minimum absolute atomic E-state index is 0.0130. The summed E-state index contributed by atoms with van der Waals surface area (Å²) in [5, 5.41) is 11.3. The molecule has 3 N–H and O–H groups in total. The SMILES string of the molecule is CN(CCC(N)=NO)CC1CCCC(F)(F)C1. The Morgan fingerprint density at radius 3 is 2.88 bits per heavy atom. The molecule has 6 heteroatoms. The van der Waals surface area contributed by atoms with Crippen LogP contribution in [-0.2, 0) is 0 Å². The zero-order valence-electron chi connectivity index (χ0n) is 10.2. The molecule has 0 heterocycles. The van der Waals surface area contributed by atoms with E-state index >= 15 is 0 Å². The van der Waals surface area contributed by atoms with Crippen LogP contribution < -0.4 is 5.73 Å². The molecule has 0 aliphatic heterocycles. The Morgan fingerprint density at radius 1 is 1.59 bits per heavy atom. The molecule has 1 aliphatic carbocycles. The van der Waals surface area contributed by atoms with Crippen molar-refractivity contribution in [1.29, 1.82) is 0 Å². The Morgan fingerprint density at radius 2 is 2.29 bits per heavy atom. The first kappa shape index (κ1) is 14.2. The number of rotatable bonds is 5. The van der Waals surface area contributed by atoms with Gasteiger partial charge in [0.2, 0.25) is 5.92 Å². The summed E-state index contributed by atoms with van der Waals surface area (Å²) in [6.45, 7) is 1.27. The molecule has 0 radical (unpaired) electrons. The van der Waals surface area contributed by atoms with Gasteiger partial charge >= 0.3 is 0 Å². The van der Waals surface area contributed by atoms with Crippen LogP contribution in [0.15, 0.2) is 5.16 Å². The Hall–Kier alpha value is -0.910. The molecule has 4 nitrogen and oxygen atoms in total. The van der Waals surface area contributed by atoms with Crippen LogP contribution in [0.5, 0.6) is 0 Å². The van der Waals surface area contributed by atoms with Crippen molar-refractivity contribution in [3.05, 3.63) is 0 Å². The van der Waals surface area contributed by atoms with Gasteiger partial charge in [0.25, 0.3) is 0 Å². The molecule has 0 saturated heterocycles. The van der Waals surface area contributed by atoms with Gasteiger partial charge in [0.05, 0.1) is 0 Å². The number of nitrogens with zero attached hydrogens (tertiary/aromatic N) is 2. The highest BCUT2D eigenvalue weighted by Crippen LogP contribution is 2.36. The third-order valence-electron chi connectivity index (χ3n) is 3.19. The normalized spacial score (nSPS) is 25.2. The van der Waals surface area contributed by atoms with E-state index in [4.69, 9.17) is 10.9 Å². The molecule has 0 aromatic rings. The maximum Gasteiger partial charge on any atom is 0.248 e. The molecule has 0 amide bonds. The van der Waals surface area contributed by atoms with E-state index in [1.807, 2.05) is 11.9 Å². The number of oxime groups is 1. The van der Waals surface area contributed by atoms with Gasteiger partial charge in [0.15, 0.2) is 0 Å². The monoisotopic (exact) mass is 249 g/mol. The number of nitrogens with two attached hydrogens (primary N) is 1. The highest BCUT2D eigenvalue weighted by molar-refractivity contribution is 5.79. The molecule has 0 aromatic carbocycles. The maximum atomic E-state index is 13.2. The summed E-state index contributed by atoms with van der Waals surface area (Å²) >= 11 is 0. The van der Waals surface area contributed by atoms with Gasteiger partial charge in [-0.25, -0.2) is 8.78 Å². The summed E-state index contributed by atoms with van der Waals surface area (Å²) in [6.07, 6.45) is 1.93. The molecule has 1 rings (SSSR count). The van der Waals surface area contributed by atoms with Crippen LogP contribution in [0.1, 0.15) is 32.1 Å². The first-order valence-electron chi connectivity index (χ1n) is 5.96.